The highest BCUT2D eigenvalue weighted by Crippen LogP contribution is 2.49. The van der Waals surface area contributed by atoms with Gasteiger partial charge in [-0.1, -0.05) is 11.6 Å². The third kappa shape index (κ3) is 2.15. The van der Waals surface area contributed by atoms with E-state index in [4.69, 9.17) is 0 Å². The van der Waals surface area contributed by atoms with E-state index in [9.17, 15) is 26.3 Å². The van der Waals surface area contributed by atoms with Gasteiger partial charge in [0.1, 0.15) is 0 Å². The Bertz CT molecular complexity index is 184. The summed E-state index contributed by atoms with van der Waals surface area (Å²) in [6.07, 6.45) is -5.93. The predicted octanol–water partition coefficient (Wildman–Crippen LogP) is 3.72. The lowest BCUT2D eigenvalue weighted by Gasteiger charge is -2.32. The molecule has 2 atom stereocenters. The highest BCUT2D eigenvalue weighted by Gasteiger charge is 2.70. The van der Waals surface area contributed by atoms with Crippen LogP contribution in [0.5, 0.6) is 0 Å². The number of halogens is 8. The zero-order chi connectivity index (χ0) is 11.1. The van der Waals surface area contributed by atoms with Crippen molar-refractivity contribution in [3.05, 3.63) is 0 Å². The van der Waals surface area contributed by atoms with E-state index in [1.807, 2.05) is 0 Å². The Morgan fingerprint density at radius 3 is 1.46 bits per heavy atom. The first-order chi connectivity index (χ1) is 5.44. The molecule has 0 aliphatic rings. The van der Waals surface area contributed by atoms with Crippen molar-refractivity contribution in [1.82, 2.24) is 0 Å². The monoisotopic (exact) mass is 248 g/mol. The number of hydrogen-bond acceptors (Lipinski definition) is 0. The zero-order valence-corrected chi connectivity index (χ0v) is 7.61. The fourth-order valence-electron chi connectivity index (χ4n) is 0.414. The first kappa shape index (κ1) is 13.2. The minimum absolute atomic E-state index is 0.180. The highest BCUT2D eigenvalue weighted by atomic mass is 35.5. The van der Waals surface area contributed by atoms with E-state index in [-0.39, 0.29) is 6.92 Å². The molecule has 13 heavy (non-hydrogen) atoms. The van der Waals surface area contributed by atoms with E-state index in [2.05, 4.69) is 23.2 Å². The summed E-state index contributed by atoms with van der Waals surface area (Å²) in [4.78, 5) is -3.51. The number of rotatable bonds is 2. The molecular formula is C5H4Cl2F6. The van der Waals surface area contributed by atoms with Gasteiger partial charge in [0.05, 0.1) is 0 Å². The Hall–Kier alpha value is 0.160. The van der Waals surface area contributed by atoms with Gasteiger partial charge in [-0.05, 0) is 6.92 Å². The summed E-state index contributed by atoms with van der Waals surface area (Å²) < 4.78 is 71.8. The van der Waals surface area contributed by atoms with Crippen molar-refractivity contribution in [3.63, 3.8) is 0 Å². The van der Waals surface area contributed by atoms with Crippen LogP contribution >= 0.6 is 23.2 Å². The zero-order valence-electron chi connectivity index (χ0n) is 6.10. The first-order valence-electron chi connectivity index (χ1n) is 2.86. The molecule has 0 nitrogen and oxygen atoms in total. The van der Waals surface area contributed by atoms with Gasteiger partial charge in [-0.2, -0.15) is 22.0 Å². The van der Waals surface area contributed by atoms with Crippen LogP contribution in [0.3, 0.4) is 0 Å². The topological polar surface area (TPSA) is 0 Å². The molecule has 0 aliphatic carbocycles. The SMILES string of the molecule is CC(Cl)(C(F)Cl)C(F)(F)C(F)(F)F. The van der Waals surface area contributed by atoms with E-state index in [0.29, 0.717) is 0 Å². The van der Waals surface area contributed by atoms with Crippen LogP contribution in [0.15, 0.2) is 0 Å². The molecule has 0 saturated carbocycles. The lowest BCUT2D eigenvalue weighted by atomic mass is 10.0. The van der Waals surface area contributed by atoms with Crippen molar-refractivity contribution in [2.24, 2.45) is 0 Å². The third-order valence-corrected chi connectivity index (χ3v) is 2.36. The maximum atomic E-state index is 12.4. The molecule has 0 aromatic heterocycles. The Kier molecular flexibility index (Phi) is 3.42. The Morgan fingerprint density at radius 1 is 1.08 bits per heavy atom. The summed E-state index contributed by atoms with van der Waals surface area (Å²) in [5.74, 6) is -5.39. The number of hydrogen-bond donors (Lipinski definition) is 0. The van der Waals surface area contributed by atoms with Gasteiger partial charge in [0, 0.05) is 0 Å². The van der Waals surface area contributed by atoms with Crippen molar-refractivity contribution in [1.29, 1.82) is 0 Å². The molecule has 2 unspecified atom stereocenters. The number of alkyl halides is 8. The first-order valence-corrected chi connectivity index (χ1v) is 3.67. The molecule has 0 heterocycles. The van der Waals surface area contributed by atoms with Gasteiger partial charge in [0.25, 0.3) is 0 Å². The van der Waals surface area contributed by atoms with Gasteiger partial charge in [0.2, 0.25) is 0 Å². The molecule has 0 saturated heterocycles. The van der Waals surface area contributed by atoms with Crippen LogP contribution in [0.1, 0.15) is 6.92 Å². The van der Waals surface area contributed by atoms with Gasteiger partial charge >= 0.3 is 12.1 Å². The molecule has 0 bridgehead atoms. The van der Waals surface area contributed by atoms with E-state index < -0.39 is 22.6 Å². The molecule has 8 heteroatoms. The molecule has 0 fully saturated rings. The fourth-order valence-corrected chi connectivity index (χ4v) is 0.658. The molecule has 0 aromatic carbocycles. The van der Waals surface area contributed by atoms with Crippen LogP contribution < -0.4 is 0 Å². The summed E-state index contributed by atoms with van der Waals surface area (Å²) >= 11 is 9.15. The second-order valence-electron chi connectivity index (χ2n) is 2.45. The van der Waals surface area contributed by atoms with Crippen LogP contribution in [-0.4, -0.2) is 22.6 Å². The van der Waals surface area contributed by atoms with Crippen LogP contribution in [0.4, 0.5) is 26.3 Å². The van der Waals surface area contributed by atoms with E-state index in [1.165, 1.54) is 0 Å². The Balaban J connectivity index is 5.04. The van der Waals surface area contributed by atoms with Crippen molar-refractivity contribution in [2.75, 3.05) is 0 Å². The molecule has 80 valence electrons. The van der Waals surface area contributed by atoms with Crippen LogP contribution in [0.2, 0.25) is 0 Å². The van der Waals surface area contributed by atoms with E-state index in [0.717, 1.165) is 0 Å². The van der Waals surface area contributed by atoms with Crippen molar-refractivity contribution in [3.8, 4) is 0 Å². The van der Waals surface area contributed by atoms with Crippen molar-refractivity contribution < 1.29 is 26.3 Å². The van der Waals surface area contributed by atoms with Gasteiger partial charge in [-0.3, -0.25) is 0 Å². The average molecular weight is 249 g/mol. The van der Waals surface area contributed by atoms with Gasteiger partial charge in [-0.15, -0.1) is 11.6 Å². The van der Waals surface area contributed by atoms with Crippen LogP contribution in [0, 0.1) is 0 Å². The van der Waals surface area contributed by atoms with E-state index in [1.54, 1.807) is 0 Å². The van der Waals surface area contributed by atoms with Crippen molar-refractivity contribution in [2.45, 2.75) is 29.5 Å². The maximum absolute atomic E-state index is 12.4. The van der Waals surface area contributed by atoms with Crippen LogP contribution in [-0.2, 0) is 0 Å². The molecule has 0 radical (unpaired) electrons. The highest BCUT2D eigenvalue weighted by molar-refractivity contribution is 6.32. The Morgan fingerprint density at radius 2 is 1.38 bits per heavy atom. The quantitative estimate of drug-likeness (QED) is 0.516. The summed E-state index contributed by atoms with van der Waals surface area (Å²) in [5.41, 5.74) is -3.01. The average Bonchev–Trinajstić information content (AvgIpc) is 1.84. The summed E-state index contributed by atoms with van der Waals surface area (Å²) in [5, 5.41) is 0. The summed E-state index contributed by atoms with van der Waals surface area (Å²) in [6, 6.07) is 0. The standard InChI is InChI=1S/C5H4Cl2F6/c1-3(7,2(6)8)4(9,10)5(11,12)13/h2H,1H3. The largest absolute Gasteiger partial charge is 0.455 e. The van der Waals surface area contributed by atoms with Crippen molar-refractivity contribution >= 4 is 23.2 Å². The lowest BCUT2D eigenvalue weighted by molar-refractivity contribution is -0.297. The second kappa shape index (κ2) is 3.38. The fraction of sp³-hybridized carbons (Fsp3) is 1.00. The molecule has 0 aromatic rings. The molecule has 0 aliphatic heterocycles. The minimum atomic E-state index is -5.93. The third-order valence-electron chi connectivity index (χ3n) is 1.38. The minimum Gasteiger partial charge on any atom is -0.228 e. The summed E-state index contributed by atoms with van der Waals surface area (Å²) in [7, 11) is 0. The summed E-state index contributed by atoms with van der Waals surface area (Å²) in [6.45, 7) is 0.180. The van der Waals surface area contributed by atoms with Gasteiger partial charge < -0.3 is 0 Å². The van der Waals surface area contributed by atoms with Crippen LogP contribution in [0.25, 0.3) is 0 Å². The van der Waals surface area contributed by atoms with Gasteiger partial charge in [-0.25, -0.2) is 4.39 Å². The molecular weight excluding hydrogens is 245 g/mol. The predicted molar refractivity (Wildman–Crippen MR) is 36.0 cm³/mol. The lowest BCUT2D eigenvalue weighted by Crippen LogP contribution is -2.55. The maximum Gasteiger partial charge on any atom is 0.455 e. The second-order valence-corrected chi connectivity index (χ2v) is 3.62. The van der Waals surface area contributed by atoms with Gasteiger partial charge in [0.15, 0.2) is 10.5 Å². The molecule has 0 N–H and O–H groups in total. The molecule has 0 spiro atoms. The molecule has 0 amide bonds. The van der Waals surface area contributed by atoms with E-state index >= 15 is 0 Å². The molecule has 0 rings (SSSR count). The Labute approximate surface area is 79.8 Å². The smallest absolute Gasteiger partial charge is 0.228 e. The normalized spacial score (nSPS) is 21.0.